The Hall–Kier alpha value is -2.19. The van der Waals surface area contributed by atoms with E-state index < -0.39 is 5.51 Å². The van der Waals surface area contributed by atoms with Crippen molar-refractivity contribution in [3.05, 3.63) is 59.7 Å². The number of ether oxygens (including phenoxy) is 2. The maximum atomic E-state index is 12.6. The molecule has 1 fully saturated rings. The second-order valence-electron chi connectivity index (χ2n) is 7.10. The summed E-state index contributed by atoms with van der Waals surface area (Å²) in [4.78, 5) is 12.7. The number of halogens is 3. The van der Waals surface area contributed by atoms with Gasteiger partial charge in [0.05, 0.1) is 6.61 Å². The van der Waals surface area contributed by atoms with Crippen molar-refractivity contribution in [3.8, 4) is 5.75 Å². The van der Waals surface area contributed by atoms with Crippen LogP contribution in [0.1, 0.15) is 35.7 Å². The summed E-state index contributed by atoms with van der Waals surface area (Å²) in [5.41, 5.74) is -3.18. The lowest BCUT2D eigenvalue weighted by molar-refractivity contribution is -0.0328. The van der Waals surface area contributed by atoms with Crippen LogP contribution in [0, 0.1) is 0 Å². The number of alkyl halides is 3. The van der Waals surface area contributed by atoms with Gasteiger partial charge in [-0.2, -0.15) is 13.2 Å². The van der Waals surface area contributed by atoms with Gasteiger partial charge in [0, 0.05) is 35.6 Å². The molecule has 1 amide bonds. The Morgan fingerprint density at radius 1 is 1.10 bits per heavy atom. The summed E-state index contributed by atoms with van der Waals surface area (Å²) in [7, 11) is 0. The SMILES string of the molecule is CCOc1ccc(C2(CNC(=O)c3ccc(SC(F)(F)F)cc3)CCOCC2)cc1. The van der Waals surface area contributed by atoms with E-state index in [4.69, 9.17) is 9.47 Å². The molecule has 3 rings (SSSR count). The van der Waals surface area contributed by atoms with Crippen molar-refractivity contribution in [1.82, 2.24) is 5.32 Å². The number of hydrogen-bond acceptors (Lipinski definition) is 4. The summed E-state index contributed by atoms with van der Waals surface area (Å²) in [5.74, 6) is 0.486. The van der Waals surface area contributed by atoms with Crippen LogP contribution in [0.4, 0.5) is 13.2 Å². The van der Waals surface area contributed by atoms with Crippen LogP contribution in [-0.2, 0) is 10.2 Å². The molecule has 0 atom stereocenters. The van der Waals surface area contributed by atoms with Crippen molar-refractivity contribution in [2.75, 3.05) is 26.4 Å². The van der Waals surface area contributed by atoms with Gasteiger partial charge in [0.1, 0.15) is 5.75 Å². The first-order valence-electron chi connectivity index (χ1n) is 9.76. The third-order valence-corrected chi connectivity index (χ3v) is 5.90. The number of amides is 1. The van der Waals surface area contributed by atoms with E-state index in [9.17, 15) is 18.0 Å². The standard InChI is InChI=1S/C22H24F3NO3S/c1-2-29-18-7-5-17(6-8-18)21(11-13-28-14-12-21)15-26-20(27)16-3-9-19(10-4-16)30-22(23,24)25/h3-10H,2,11-15H2,1H3,(H,26,27). The molecule has 1 heterocycles. The first kappa shape index (κ1) is 22.5. The highest BCUT2D eigenvalue weighted by Crippen LogP contribution is 2.37. The average molecular weight is 439 g/mol. The van der Waals surface area contributed by atoms with Crippen molar-refractivity contribution in [2.45, 2.75) is 35.6 Å². The van der Waals surface area contributed by atoms with Gasteiger partial charge in [-0.1, -0.05) is 12.1 Å². The highest BCUT2D eigenvalue weighted by Gasteiger charge is 2.35. The van der Waals surface area contributed by atoms with Crippen molar-refractivity contribution >= 4 is 17.7 Å². The number of benzene rings is 2. The van der Waals surface area contributed by atoms with Crippen LogP contribution in [0.2, 0.25) is 0 Å². The number of thioether (sulfide) groups is 1. The summed E-state index contributed by atoms with van der Waals surface area (Å²) < 4.78 is 48.4. The zero-order valence-corrected chi connectivity index (χ0v) is 17.4. The molecule has 30 heavy (non-hydrogen) atoms. The fourth-order valence-electron chi connectivity index (χ4n) is 3.56. The van der Waals surface area contributed by atoms with Crippen molar-refractivity contribution in [1.29, 1.82) is 0 Å². The summed E-state index contributed by atoms with van der Waals surface area (Å²) in [5, 5.41) is 2.96. The Labute approximate surface area is 178 Å². The Morgan fingerprint density at radius 3 is 2.30 bits per heavy atom. The first-order chi connectivity index (χ1) is 14.3. The lowest BCUT2D eigenvalue weighted by Crippen LogP contribution is -2.44. The lowest BCUT2D eigenvalue weighted by Gasteiger charge is -2.38. The molecule has 0 spiro atoms. The topological polar surface area (TPSA) is 47.6 Å². The van der Waals surface area contributed by atoms with Gasteiger partial charge in [0.2, 0.25) is 0 Å². The number of carbonyl (C=O) groups is 1. The molecular formula is C22H24F3NO3S. The zero-order chi connectivity index (χ0) is 21.6. The van der Waals surface area contributed by atoms with Crippen LogP contribution in [0.25, 0.3) is 0 Å². The molecule has 4 nitrogen and oxygen atoms in total. The largest absolute Gasteiger partial charge is 0.494 e. The number of rotatable bonds is 7. The van der Waals surface area contributed by atoms with Gasteiger partial charge in [-0.15, -0.1) is 0 Å². The van der Waals surface area contributed by atoms with E-state index in [1.807, 2.05) is 31.2 Å². The monoisotopic (exact) mass is 439 g/mol. The molecule has 1 saturated heterocycles. The van der Waals surface area contributed by atoms with E-state index >= 15 is 0 Å². The molecule has 2 aromatic rings. The summed E-state index contributed by atoms with van der Waals surface area (Å²) in [6.07, 6.45) is 1.53. The normalized spacial score (nSPS) is 16.1. The van der Waals surface area contributed by atoms with Gasteiger partial charge < -0.3 is 14.8 Å². The molecule has 0 saturated carbocycles. The van der Waals surface area contributed by atoms with Gasteiger partial charge in [0.25, 0.3) is 5.91 Å². The van der Waals surface area contributed by atoms with Crippen LogP contribution in [0.5, 0.6) is 5.75 Å². The molecule has 1 aliphatic rings. The molecular weight excluding hydrogens is 415 g/mol. The fraction of sp³-hybridized carbons (Fsp3) is 0.409. The molecule has 0 bridgehead atoms. The predicted octanol–water partition coefficient (Wildman–Crippen LogP) is 5.18. The molecule has 0 aliphatic carbocycles. The highest BCUT2D eigenvalue weighted by molar-refractivity contribution is 8.00. The summed E-state index contributed by atoms with van der Waals surface area (Å²) in [6, 6.07) is 13.3. The van der Waals surface area contributed by atoms with Gasteiger partial charge in [0.15, 0.2) is 0 Å². The highest BCUT2D eigenvalue weighted by atomic mass is 32.2. The molecule has 162 valence electrons. The number of hydrogen-bond donors (Lipinski definition) is 1. The second kappa shape index (κ2) is 9.75. The van der Waals surface area contributed by atoms with Crippen LogP contribution < -0.4 is 10.1 Å². The Bertz CT molecular complexity index is 832. The predicted molar refractivity (Wildman–Crippen MR) is 110 cm³/mol. The summed E-state index contributed by atoms with van der Waals surface area (Å²) >= 11 is -0.197. The van der Waals surface area contributed by atoms with Crippen molar-refractivity contribution < 1.29 is 27.4 Å². The Kier molecular flexibility index (Phi) is 7.31. The van der Waals surface area contributed by atoms with E-state index in [2.05, 4.69) is 5.32 Å². The maximum Gasteiger partial charge on any atom is 0.446 e. The van der Waals surface area contributed by atoms with E-state index in [1.54, 1.807) is 0 Å². The zero-order valence-electron chi connectivity index (χ0n) is 16.6. The molecule has 1 aliphatic heterocycles. The average Bonchev–Trinajstić information content (AvgIpc) is 2.73. The Morgan fingerprint density at radius 2 is 1.73 bits per heavy atom. The smallest absolute Gasteiger partial charge is 0.446 e. The lowest BCUT2D eigenvalue weighted by atomic mass is 9.74. The van der Waals surface area contributed by atoms with Crippen LogP contribution in [-0.4, -0.2) is 37.8 Å². The fourth-order valence-corrected chi connectivity index (χ4v) is 4.10. The van der Waals surface area contributed by atoms with Crippen molar-refractivity contribution in [2.24, 2.45) is 0 Å². The molecule has 0 radical (unpaired) electrons. The van der Waals surface area contributed by atoms with Gasteiger partial charge in [-0.05, 0) is 73.5 Å². The summed E-state index contributed by atoms with van der Waals surface area (Å²) in [6.45, 7) is 4.15. The van der Waals surface area contributed by atoms with Gasteiger partial charge in [-0.3, -0.25) is 4.79 Å². The van der Waals surface area contributed by atoms with Crippen molar-refractivity contribution in [3.63, 3.8) is 0 Å². The minimum Gasteiger partial charge on any atom is -0.494 e. The maximum absolute atomic E-state index is 12.6. The molecule has 2 aromatic carbocycles. The molecule has 0 aromatic heterocycles. The second-order valence-corrected chi connectivity index (χ2v) is 8.24. The quantitative estimate of drug-likeness (QED) is 0.605. The third-order valence-electron chi connectivity index (χ3n) is 5.17. The minimum absolute atomic E-state index is 0.0503. The van der Waals surface area contributed by atoms with E-state index in [-0.39, 0.29) is 28.0 Å². The van der Waals surface area contributed by atoms with Gasteiger partial charge >= 0.3 is 5.51 Å². The molecule has 0 unspecified atom stereocenters. The van der Waals surface area contributed by atoms with E-state index in [0.29, 0.717) is 31.9 Å². The Balaban J connectivity index is 1.69. The van der Waals surface area contributed by atoms with E-state index in [0.717, 1.165) is 24.2 Å². The van der Waals surface area contributed by atoms with Crippen LogP contribution in [0.15, 0.2) is 53.4 Å². The minimum atomic E-state index is -4.35. The molecule has 1 N–H and O–H groups in total. The van der Waals surface area contributed by atoms with Crippen LogP contribution in [0.3, 0.4) is 0 Å². The van der Waals surface area contributed by atoms with Crippen LogP contribution >= 0.6 is 11.8 Å². The van der Waals surface area contributed by atoms with E-state index in [1.165, 1.54) is 24.3 Å². The van der Waals surface area contributed by atoms with Gasteiger partial charge in [-0.25, -0.2) is 0 Å². The number of nitrogens with one attached hydrogen (secondary N) is 1. The molecule has 8 heteroatoms. The first-order valence-corrected chi connectivity index (χ1v) is 10.6. The number of carbonyl (C=O) groups excluding carboxylic acids is 1. The third kappa shape index (κ3) is 5.92.